The number of aliphatic imine (C=N–C) groups is 1. The number of hydrogen-bond donors (Lipinski definition) is 2. The van der Waals surface area contributed by atoms with E-state index in [4.69, 9.17) is 11.5 Å². The number of nitrogens with zero attached hydrogens (tertiary/aromatic N) is 2. The van der Waals surface area contributed by atoms with E-state index in [1.165, 1.54) is 0 Å². The topological polar surface area (TPSA) is 77.3 Å². The van der Waals surface area contributed by atoms with Gasteiger partial charge in [0.05, 0.1) is 5.69 Å². The summed E-state index contributed by atoms with van der Waals surface area (Å²) in [6.07, 6.45) is 5.85. The van der Waals surface area contributed by atoms with Crippen LogP contribution in [0.25, 0.3) is 0 Å². The molecule has 0 atom stereocenters. The van der Waals surface area contributed by atoms with Crippen LogP contribution in [-0.2, 0) is 0 Å². The summed E-state index contributed by atoms with van der Waals surface area (Å²) in [5, 5.41) is 0. The minimum atomic E-state index is -0.900. The predicted molar refractivity (Wildman–Crippen MR) is 55.6 cm³/mol. The van der Waals surface area contributed by atoms with E-state index in [9.17, 15) is 0 Å². The smallest absolute Gasteiger partial charge is 0.113 e. The molecule has 4 N–H and O–H groups in total. The van der Waals surface area contributed by atoms with Crippen molar-refractivity contribution in [2.45, 2.75) is 12.1 Å². The van der Waals surface area contributed by atoms with E-state index < -0.39 is 5.66 Å². The van der Waals surface area contributed by atoms with Crippen LogP contribution in [0.2, 0.25) is 0 Å². The molecule has 0 spiro atoms. The number of pyridine rings is 1. The number of hydrogen-bond acceptors (Lipinski definition) is 4. The van der Waals surface area contributed by atoms with Gasteiger partial charge < -0.3 is 11.5 Å². The molecular weight excluding hydrogens is 176 g/mol. The van der Waals surface area contributed by atoms with Gasteiger partial charge in [0.1, 0.15) is 11.4 Å². The summed E-state index contributed by atoms with van der Waals surface area (Å²) in [6, 6.07) is 5.59. The molecule has 0 aromatic carbocycles. The zero-order valence-electron chi connectivity index (χ0n) is 7.72. The van der Waals surface area contributed by atoms with Crippen LogP contribution >= 0.6 is 0 Å². The van der Waals surface area contributed by atoms with Crippen molar-refractivity contribution in [1.29, 1.82) is 0 Å². The Labute approximate surface area is 82.4 Å². The summed E-state index contributed by atoms with van der Waals surface area (Å²) >= 11 is 0. The lowest BCUT2D eigenvalue weighted by molar-refractivity contribution is 0.593. The molecule has 0 amide bonds. The van der Waals surface area contributed by atoms with Crippen molar-refractivity contribution < 1.29 is 0 Å². The molecule has 1 aromatic heterocycles. The molecule has 0 saturated carbocycles. The lowest BCUT2D eigenvalue weighted by Gasteiger charge is -2.26. The molecule has 0 fully saturated rings. The van der Waals surface area contributed by atoms with Gasteiger partial charge in [0.2, 0.25) is 0 Å². The van der Waals surface area contributed by atoms with Crippen molar-refractivity contribution in [3.8, 4) is 0 Å². The normalized spacial score (nSPS) is 19.1. The zero-order chi connectivity index (χ0) is 10.0. The van der Waals surface area contributed by atoms with Crippen molar-refractivity contribution in [3.63, 3.8) is 0 Å². The summed E-state index contributed by atoms with van der Waals surface area (Å²) in [5.74, 6) is 0. The molecule has 4 nitrogen and oxygen atoms in total. The van der Waals surface area contributed by atoms with E-state index in [2.05, 4.69) is 9.98 Å². The van der Waals surface area contributed by atoms with E-state index >= 15 is 0 Å². The fourth-order valence-corrected chi connectivity index (χ4v) is 1.40. The summed E-state index contributed by atoms with van der Waals surface area (Å²) in [4.78, 5) is 8.35. The first-order valence-electron chi connectivity index (χ1n) is 4.42. The summed E-state index contributed by atoms with van der Waals surface area (Å²) in [7, 11) is 0. The molecule has 2 heterocycles. The Bertz CT molecular complexity index is 378. The van der Waals surface area contributed by atoms with Crippen LogP contribution in [0.4, 0.5) is 0 Å². The molecule has 72 valence electrons. The molecule has 1 aliphatic heterocycles. The first kappa shape index (κ1) is 9.05. The number of rotatable bonds is 1. The van der Waals surface area contributed by atoms with Gasteiger partial charge in [-0.1, -0.05) is 12.1 Å². The van der Waals surface area contributed by atoms with E-state index in [0.717, 1.165) is 5.69 Å². The molecule has 0 unspecified atom stereocenters. The lowest BCUT2D eigenvalue weighted by atomic mass is 9.97. The number of aromatic nitrogens is 1. The van der Waals surface area contributed by atoms with Gasteiger partial charge in [-0.05, 0) is 12.1 Å². The Kier molecular flexibility index (Phi) is 2.15. The maximum absolute atomic E-state index is 5.91. The molecule has 0 bridgehead atoms. The molecule has 4 heteroatoms. The third-order valence-corrected chi connectivity index (χ3v) is 2.11. The predicted octanol–water partition coefficient (Wildman–Crippen LogP) is 0.402. The maximum Gasteiger partial charge on any atom is 0.113 e. The molecule has 0 saturated heterocycles. The van der Waals surface area contributed by atoms with E-state index in [-0.39, 0.29) is 0 Å². The number of nitrogens with two attached hydrogens (primary N) is 2. The minimum absolute atomic E-state index is 0.586. The first-order chi connectivity index (χ1) is 6.70. The van der Waals surface area contributed by atoms with Crippen LogP contribution in [0.15, 0.2) is 41.7 Å². The Hall–Kier alpha value is -1.52. The van der Waals surface area contributed by atoms with E-state index in [1.54, 1.807) is 12.4 Å². The highest BCUT2D eigenvalue weighted by molar-refractivity contribution is 6.06. The monoisotopic (exact) mass is 188 g/mol. The lowest BCUT2D eigenvalue weighted by Crippen LogP contribution is -2.57. The zero-order valence-corrected chi connectivity index (χ0v) is 7.72. The van der Waals surface area contributed by atoms with E-state index in [0.29, 0.717) is 12.1 Å². The van der Waals surface area contributed by atoms with Gasteiger partial charge in [-0.15, -0.1) is 0 Å². The molecule has 1 aliphatic rings. The second kappa shape index (κ2) is 3.32. The maximum atomic E-state index is 5.91. The SMILES string of the molecule is NC1(N)CC=CN=C1c1ccccn1. The van der Waals surface area contributed by atoms with Gasteiger partial charge in [-0.25, -0.2) is 0 Å². The van der Waals surface area contributed by atoms with Crippen molar-refractivity contribution >= 4 is 5.71 Å². The summed E-state index contributed by atoms with van der Waals surface area (Å²) < 4.78 is 0. The van der Waals surface area contributed by atoms with Crippen molar-refractivity contribution in [2.24, 2.45) is 16.5 Å². The highest BCUT2D eigenvalue weighted by Gasteiger charge is 2.28. The fourth-order valence-electron chi connectivity index (χ4n) is 1.40. The average Bonchev–Trinajstić information content (AvgIpc) is 2.18. The van der Waals surface area contributed by atoms with Crippen molar-refractivity contribution in [2.75, 3.05) is 0 Å². The second-order valence-electron chi connectivity index (χ2n) is 3.32. The first-order valence-corrected chi connectivity index (χ1v) is 4.42. The molecule has 0 radical (unpaired) electrons. The quantitative estimate of drug-likeness (QED) is 0.626. The van der Waals surface area contributed by atoms with Gasteiger partial charge in [0.25, 0.3) is 0 Å². The van der Waals surface area contributed by atoms with Crippen LogP contribution in [0.3, 0.4) is 0 Å². The van der Waals surface area contributed by atoms with Crippen LogP contribution in [0.5, 0.6) is 0 Å². The van der Waals surface area contributed by atoms with Gasteiger partial charge in [-0.3, -0.25) is 9.98 Å². The second-order valence-corrected chi connectivity index (χ2v) is 3.32. The van der Waals surface area contributed by atoms with Crippen molar-refractivity contribution in [1.82, 2.24) is 4.98 Å². The summed E-state index contributed by atoms with van der Waals surface area (Å²) in [6.45, 7) is 0. The third kappa shape index (κ3) is 1.57. The van der Waals surface area contributed by atoms with Crippen molar-refractivity contribution in [3.05, 3.63) is 42.4 Å². The minimum Gasteiger partial charge on any atom is -0.308 e. The Morgan fingerprint density at radius 2 is 2.14 bits per heavy atom. The largest absolute Gasteiger partial charge is 0.308 e. The molecule has 1 aromatic rings. The molecule has 2 rings (SSSR count). The average molecular weight is 188 g/mol. The third-order valence-electron chi connectivity index (χ3n) is 2.11. The van der Waals surface area contributed by atoms with Gasteiger partial charge in [0.15, 0.2) is 0 Å². The molecular formula is C10H12N4. The highest BCUT2D eigenvalue weighted by Crippen LogP contribution is 2.14. The molecule has 14 heavy (non-hydrogen) atoms. The Morgan fingerprint density at radius 1 is 1.29 bits per heavy atom. The molecule has 0 aliphatic carbocycles. The van der Waals surface area contributed by atoms with E-state index in [1.807, 2.05) is 24.3 Å². The Balaban J connectivity index is 2.43. The van der Waals surface area contributed by atoms with Gasteiger partial charge >= 0.3 is 0 Å². The van der Waals surface area contributed by atoms with Crippen LogP contribution in [0, 0.1) is 0 Å². The standard InChI is InChI=1S/C10H12N4/c11-10(12)5-3-7-14-9(10)8-4-1-2-6-13-8/h1-4,6-7H,5,11-12H2. The van der Waals surface area contributed by atoms with Crippen LogP contribution in [-0.4, -0.2) is 16.4 Å². The van der Waals surface area contributed by atoms with Crippen LogP contribution < -0.4 is 11.5 Å². The Morgan fingerprint density at radius 3 is 2.79 bits per heavy atom. The fraction of sp³-hybridized carbons (Fsp3) is 0.200. The van der Waals surface area contributed by atoms with Gasteiger partial charge in [-0.2, -0.15) is 0 Å². The highest BCUT2D eigenvalue weighted by atomic mass is 15.0. The van der Waals surface area contributed by atoms with Gasteiger partial charge in [0, 0.05) is 18.8 Å². The van der Waals surface area contributed by atoms with Crippen LogP contribution in [0.1, 0.15) is 12.1 Å². The summed E-state index contributed by atoms with van der Waals surface area (Å²) in [5.41, 5.74) is 12.3.